The van der Waals surface area contributed by atoms with E-state index in [-0.39, 0.29) is 5.91 Å². The summed E-state index contributed by atoms with van der Waals surface area (Å²) in [6.07, 6.45) is 4.33. The second kappa shape index (κ2) is 8.97. The number of likely N-dealkylation sites (tertiary alicyclic amines) is 1. The topological polar surface area (TPSA) is 66.4 Å². The fourth-order valence-electron chi connectivity index (χ4n) is 3.81. The molecule has 1 fully saturated rings. The zero-order valence-electron chi connectivity index (χ0n) is 16.6. The first-order chi connectivity index (χ1) is 13.2. The van der Waals surface area contributed by atoms with Crippen molar-refractivity contribution >= 4 is 11.9 Å². The number of rotatable bonds is 4. The highest BCUT2D eigenvalue weighted by Gasteiger charge is 2.23. The fourth-order valence-corrected chi connectivity index (χ4v) is 3.81. The number of carbonyl (C=O) groups excluding carboxylic acids is 1. The van der Waals surface area contributed by atoms with Crippen molar-refractivity contribution in [2.75, 3.05) is 47.4 Å². The largest absolute Gasteiger partial charge is 0.493 e. The lowest BCUT2D eigenvalue weighted by atomic mass is 9.99. The van der Waals surface area contributed by atoms with Crippen molar-refractivity contribution in [1.82, 2.24) is 15.1 Å². The lowest BCUT2D eigenvalue weighted by molar-refractivity contribution is -0.130. The number of nitrogens with zero attached hydrogens (tertiary/aromatic N) is 3. The molecule has 2 aliphatic rings. The summed E-state index contributed by atoms with van der Waals surface area (Å²) in [5.74, 6) is 2.42. The van der Waals surface area contributed by atoms with Gasteiger partial charge in [0.05, 0.1) is 20.8 Å². The smallest absolute Gasteiger partial charge is 0.241 e. The second-order valence-electron chi connectivity index (χ2n) is 6.99. The number of guanidine groups is 1. The van der Waals surface area contributed by atoms with Crippen LogP contribution in [-0.4, -0.2) is 69.1 Å². The number of fused-ring (bicyclic) bond motifs is 1. The van der Waals surface area contributed by atoms with E-state index in [1.807, 2.05) is 11.0 Å². The summed E-state index contributed by atoms with van der Waals surface area (Å²) in [5, 5.41) is 3.25. The number of hydrogen-bond acceptors (Lipinski definition) is 4. The quantitative estimate of drug-likeness (QED) is 0.641. The summed E-state index contributed by atoms with van der Waals surface area (Å²) in [7, 11) is 5.07. The summed E-state index contributed by atoms with van der Waals surface area (Å²) >= 11 is 0. The van der Waals surface area contributed by atoms with Crippen LogP contribution in [0.25, 0.3) is 0 Å². The Morgan fingerprint density at radius 1 is 1.04 bits per heavy atom. The zero-order valence-corrected chi connectivity index (χ0v) is 16.6. The van der Waals surface area contributed by atoms with Crippen molar-refractivity contribution in [2.45, 2.75) is 32.2 Å². The molecule has 2 aliphatic heterocycles. The Hall–Kier alpha value is -2.44. The summed E-state index contributed by atoms with van der Waals surface area (Å²) < 4.78 is 10.8. The van der Waals surface area contributed by atoms with Gasteiger partial charge in [-0.2, -0.15) is 0 Å². The third-order valence-corrected chi connectivity index (χ3v) is 5.34. The highest BCUT2D eigenvalue weighted by molar-refractivity contribution is 5.86. The van der Waals surface area contributed by atoms with E-state index in [4.69, 9.17) is 9.47 Å². The number of nitrogens with one attached hydrogen (secondary N) is 1. The average molecular weight is 374 g/mol. The Balaban J connectivity index is 1.63. The highest BCUT2D eigenvalue weighted by Crippen LogP contribution is 2.33. The fraction of sp³-hybridized carbons (Fsp3) is 0.600. The van der Waals surface area contributed by atoms with Crippen molar-refractivity contribution in [3.8, 4) is 11.5 Å². The van der Waals surface area contributed by atoms with Crippen LogP contribution < -0.4 is 14.8 Å². The second-order valence-corrected chi connectivity index (χ2v) is 6.99. The molecule has 1 aromatic rings. The number of hydrogen-bond donors (Lipinski definition) is 1. The molecule has 3 rings (SSSR count). The van der Waals surface area contributed by atoms with Crippen LogP contribution in [0.15, 0.2) is 17.1 Å². The zero-order chi connectivity index (χ0) is 19.2. The van der Waals surface area contributed by atoms with Gasteiger partial charge in [0.15, 0.2) is 17.5 Å². The van der Waals surface area contributed by atoms with Crippen molar-refractivity contribution in [2.24, 2.45) is 4.99 Å². The molecule has 1 saturated heterocycles. The highest BCUT2D eigenvalue weighted by atomic mass is 16.5. The molecule has 0 spiro atoms. The minimum Gasteiger partial charge on any atom is -0.493 e. The first kappa shape index (κ1) is 19.3. The maximum atomic E-state index is 12.4. The molecular weight excluding hydrogens is 344 g/mol. The van der Waals surface area contributed by atoms with Crippen LogP contribution in [0.4, 0.5) is 0 Å². The van der Waals surface area contributed by atoms with Gasteiger partial charge < -0.3 is 24.6 Å². The van der Waals surface area contributed by atoms with Crippen LogP contribution in [0.3, 0.4) is 0 Å². The van der Waals surface area contributed by atoms with E-state index in [9.17, 15) is 4.79 Å². The Labute approximate surface area is 161 Å². The minimum atomic E-state index is 0.152. The van der Waals surface area contributed by atoms with Gasteiger partial charge >= 0.3 is 0 Å². The molecule has 7 nitrogen and oxygen atoms in total. The molecule has 1 N–H and O–H groups in total. The molecular formula is C20H30N4O3. The van der Waals surface area contributed by atoms with E-state index < -0.39 is 0 Å². The number of piperidine rings is 1. The molecule has 27 heavy (non-hydrogen) atoms. The van der Waals surface area contributed by atoms with Crippen molar-refractivity contribution in [3.05, 3.63) is 23.3 Å². The number of ether oxygens (including phenoxy) is 2. The lowest BCUT2D eigenvalue weighted by Crippen LogP contribution is -2.48. The van der Waals surface area contributed by atoms with Gasteiger partial charge in [-0.15, -0.1) is 0 Å². The van der Waals surface area contributed by atoms with Gasteiger partial charge in [0.2, 0.25) is 5.91 Å². The molecule has 1 amide bonds. The molecule has 0 aliphatic carbocycles. The maximum Gasteiger partial charge on any atom is 0.241 e. The third kappa shape index (κ3) is 4.46. The molecule has 148 valence electrons. The number of carbonyl (C=O) groups is 1. The van der Waals surface area contributed by atoms with Gasteiger partial charge in [0.25, 0.3) is 0 Å². The predicted molar refractivity (Wildman–Crippen MR) is 105 cm³/mol. The van der Waals surface area contributed by atoms with E-state index in [0.29, 0.717) is 6.54 Å². The number of aliphatic imine (C=N–C) groups is 1. The van der Waals surface area contributed by atoms with E-state index in [2.05, 4.69) is 21.3 Å². The molecule has 2 heterocycles. The van der Waals surface area contributed by atoms with Gasteiger partial charge in [-0.1, -0.05) is 0 Å². The summed E-state index contributed by atoms with van der Waals surface area (Å²) in [6.45, 7) is 3.62. The molecule has 0 saturated carbocycles. The maximum absolute atomic E-state index is 12.4. The van der Waals surface area contributed by atoms with E-state index >= 15 is 0 Å². The van der Waals surface area contributed by atoms with Crippen LogP contribution in [0.2, 0.25) is 0 Å². The van der Waals surface area contributed by atoms with Crippen LogP contribution in [0.1, 0.15) is 30.4 Å². The molecule has 0 radical (unpaired) electrons. The van der Waals surface area contributed by atoms with Crippen LogP contribution in [0.5, 0.6) is 11.5 Å². The minimum absolute atomic E-state index is 0.152. The Morgan fingerprint density at radius 2 is 1.70 bits per heavy atom. The van der Waals surface area contributed by atoms with Gasteiger partial charge in [-0.3, -0.25) is 9.79 Å². The van der Waals surface area contributed by atoms with Gasteiger partial charge in [-0.25, -0.2) is 0 Å². The molecule has 0 unspecified atom stereocenters. The van der Waals surface area contributed by atoms with E-state index in [1.54, 1.807) is 21.3 Å². The molecule has 0 bridgehead atoms. The van der Waals surface area contributed by atoms with Gasteiger partial charge in [-0.05, 0) is 48.9 Å². The van der Waals surface area contributed by atoms with Gasteiger partial charge in [0.1, 0.15) is 0 Å². The predicted octanol–water partition coefficient (Wildman–Crippen LogP) is 1.65. The molecule has 0 aromatic heterocycles. The third-order valence-electron chi connectivity index (χ3n) is 5.34. The number of amides is 1. The van der Waals surface area contributed by atoms with Crippen LogP contribution in [-0.2, 0) is 17.8 Å². The normalized spacial score (nSPS) is 17.4. The van der Waals surface area contributed by atoms with Crippen molar-refractivity contribution in [1.29, 1.82) is 0 Å². The summed E-state index contributed by atoms with van der Waals surface area (Å²) in [5.41, 5.74) is 2.47. The Kier molecular flexibility index (Phi) is 6.42. The lowest BCUT2D eigenvalue weighted by Gasteiger charge is -2.33. The molecule has 1 aromatic carbocycles. The number of benzene rings is 1. The average Bonchev–Trinajstić information content (AvgIpc) is 2.73. The molecule has 0 atom stereocenters. The standard InChI is InChI=1S/C20H30N4O3/c1-21-20(22-13-19(25)23-8-5-4-6-9-23)24-10-7-15-11-17(26-2)18(27-3)12-16(15)14-24/h11-12H,4-10,13-14H2,1-3H3,(H,21,22). The van der Waals surface area contributed by atoms with Gasteiger partial charge in [0, 0.05) is 33.2 Å². The first-order valence-electron chi connectivity index (χ1n) is 9.63. The summed E-state index contributed by atoms with van der Waals surface area (Å²) in [6, 6.07) is 4.09. The van der Waals surface area contributed by atoms with E-state index in [0.717, 1.165) is 62.9 Å². The van der Waals surface area contributed by atoms with Crippen LogP contribution in [0, 0.1) is 0 Å². The monoisotopic (exact) mass is 374 g/mol. The SMILES string of the molecule is CN=C(NCC(=O)N1CCCCC1)N1CCc2cc(OC)c(OC)cc2C1. The first-order valence-corrected chi connectivity index (χ1v) is 9.63. The van der Waals surface area contributed by atoms with E-state index in [1.165, 1.54) is 17.5 Å². The van der Waals surface area contributed by atoms with Crippen molar-refractivity contribution in [3.63, 3.8) is 0 Å². The Morgan fingerprint density at radius 3 is 2.33 bits per heavy atom. The summed E-state index contributed by atoms with van der Waals surface area (Å²) in [4.78, 5) is 20.9. The molecule has 7 heteroatoms. The Bertz CT molecular complexity index is 699. The van der Waals surface area contributed by atoms with Crippen molar-refractivity contribution < 1.29 is 14.3 Å². The number of methoxy groups -OCH3 is 2. The van der Waals surface area contributed by atoms with Crippen LogP contribution >= 0.6 is 0 Å².